The molecule has 0 aliphatic carbocycles. The van der Waals surface area contributed by atoms with Crippen molar-refractivity contribution in [2.24, 2.45) is 0 Å². The van der Waals surface area contributed by atoms with Crippen molar-refractivity contribution in [3.8, 4) is 0 Å². The molecule has 0 saturated heterocycles. The molecule has 0 spiro atoms. The Labute approximate surface area is 124 Å². The van der Waals surface area contributed by atoms with Gasteiger partial charge in [-0.3, -0.25) is 5.04 Å². The van der Waals surface area contributed by atoms with Gasteiger partial charge in [0.1, 0.15) is 4.90 Å². The molecular weight excluding hydrogens is 332 g/mol. The first-order valence-corrected chi connectivity index (χ1v) is 6.84. The van der Waals surface area contributed by atoms with Gasteiger partial charge in [-0.05, 0) is 12.1 Å². The highest BCUT2D eigenvalue weighted by Gasteiger charge is 2.27. The van der Waals surface area contributed by atoms with Crippen LogP contribution in [0.4, 0.5) is 17.6 Å². The SMILES string of the molecule is [O-]OOSc1c(F)c(F)c(Sc2ccccc2)c(F)c1F. The summed E-state index contributed by atoms with van der Waals surface area (Å²) in [7, 11) is 0. The van der Waals surface area contributed by atoms with Gasteiger partial charge in [0.05, 0.1) is 16.9 Å². The van der Waals surface area contributed by atoms with Crippen molar-refractivity contribution in [2.75, 3.05) is 0 Å². The lowest BCUT2D eigenvalue weighted by Crippen LogP contribution is -2.05. The van der Waals surface area contributed by atoms with Gasteiger partial charge in [0.2, 0.25) is 0 Å². The second kappa shape index (κ2) is 7.14. The van der Waals surface area contributed by atoms with Crippen LogP contribution in [0.15, 0.2) is 45.0 Å². The van der Waals surface area contributed by atoms with Gasteiger partial charge in [-0.2, -0.15) is 4.33 Å². The minimum atomic E-state index is -1.67. The molecule has 21 heavy (non-hydrogen) atoms. The Kier molecular flexibility index (Phi) is 5.48. The number of hydrogen-bond donors (Lipinski definition) is 0. The van der Waals surface area contributed by atoms with Crippen LogP contribution >= 0.6 is 23.8 Å². The first-order valence-electron chi connectivity index (χ1n) is 5.28. The standard InChI is InChI=1S/C12H6F4O3S2/c13-7-9(15)12(21-19-18-17)10(16)8(14)11(7)20-6-4-2-1-3-5-6/h1-5,17H/p-1. The first-order chi connectivity index (χ1) is 10.1. The monoisotopic (exact) mass is 337 g/mol. The third-order valence-electron chi connectivity index (χ3n) is 2.29. The van der Waals surface area contributed by atoms with E-state index >= 15 is 0 Å². The Morgan fingerprint density at radius 2 is 1.33 bits per heavy atom. The Morgan fingerprint density at radius 3 is 1.86 bits per heavy atom. The van der Waals surface area contributed by atoms with Crippen LogP contribution in [0.2, 0.25) is 0 Å². The molecule has 0 atom stereocenters. The highest BCUT2D eigenvalue weighted by molar-refractivity contribution is 7.99. The molecule has 0 saturated carbocycles. The van der Waals surface area contributed by atoms with Crippen LogP contribution in [-0.2, 0) is 9.37 Å². The molecule has 0 N–H and O–H groups in total. The maximum atomic E-state index is 13.8. The lowest BCUT2D eigenvalue weighted by atomic mass is 10.3. The maximum Gasteiger partial charge on any atom is 0.179 e. The summed E-state index contributed by atoms with van der Waals surface area (Å²) in [6.45, 7) is 0. The van der Waals surface area contributed by atoms with E-state index in [0.29, 0.717) is 16.7 Å². The van der Waals surface area contributed by atoms with Gasteiger partial charge in [-0.1, -0.05) is 30.0 Å². The highest BCUT2D eigenvalue weighted by atomic mass is 32.2. The smallest absolute Gasteiger partial charge is 0.179 e. The van der Waals surface area contributed by atoms with E-state index in [4.69, 9.17) is 0 Å². The molecule has 2 aromatic rings. The molecule has 2 rings (SSSR count). The van der Waals surface area contributed by atoms with Crippen LogP contribution in [0.1, 0.15) is 0 Å². The molecule has 0 radical (unpaired) electrons. The second-order valence-electron chi connectivity index (χ2n) is 3.55. The fourth-order valence-corrected chi connectivity index (χ4v) is 2.72. The van der Waals surface area contributed by atoms with E-state index < -0.39 is 33.1 Å². The normalized spacial score (nSPS) is 10.9. The first kappa shape index (κ1) is 16.1. The summed E-state index contributed by atoms with van der Waals surface area (Å²) in [6, 6.07) is 7.94. The van der Waals surface area contributed by atoms with Crippen LogP contribution < -0.4 is 5.26 Å². The average Bonchev–Trinajstić information content (AvgIpc) is 2.51. The van der Waals surface area contributed by atoms with E-state index in [9.17, 15) is 22.8 Å². The maximum absolute atomic E-state index is 13.8. The van der Waals surface area contributed by atoms with Crippen LogP contribution in [0.3, 0.4) is 0 Å². The predicted molar refractivity (Wildman–Crippen MR) is 64.9 cm³/mol. The second-order valence-corrected chi connectivity index (χ2v) is 5.34. The van der Waals surface area contributed by atoms with Gasteiger partial charge in [0.15, 0.2) is 23.3 Å². The molecule has 0 aliphatic rings. The summed E-state index contributed by atoms with van der Waals surface area (Å²) in [5, 5.41) is 12.5. The molecule has 0 heterocycles. The third-order valence-corrected chi connectivity index (χ3v) is 4.01. The molecule has 0 aliphatic heterocycles. The Balaban J connectivity index is 2.43. The van der Waals surface area contributed by atoms with Crippen molar-refractivity contribution in [3.05, 3.63) is 53.6 Å². The van der Waals surface area contributed by atoms with Crippen molar-refractivity contribution in [2.45, 2.75) is 14.7 Å². The van der Waals surface area contributed by atoms with Gasteiger partial charge in [0, 0.05) is 4.90 Å². The lowest BCUT2D eigenvalue weighted by molar-refractivity contribution is -0.777. The number of rotatable bonds is 5. The molecular formula is C12H5F4O3S2-. The molecule has 9 heteroatoms. The van der Waals surface area contributed by atoms with E-state index in [1.54, 1.807) is 18.2 Å². The Morgan fingerprint density at radius 1 is 0.810 bits per heavy atom. The summed E-state index contributed by atoms with van der Waals surface area (Å²) >= 11 is 0.272. The fourth-order valence-electron chi connectivity index (χ4n) is 1.41. The summed E-state index contributed by atoms with van der Waals surface area (Å²) < 4.78 is 58.7. The van der Waals surface area contributed by atoms with E-state index in [2.05, 4.69) is 9.37 Å². The lowest BCUT2D eigenvalue weighted by Gasteiger charge is -2.11. The van der Waals surface area contributed by atoms with E-state index in [1.165, 1.54) is 12.1 Å². The molecule has 0 amide bonds. The van der Waals surface area contributed by atoms with Crippen LogP contribution in [0.5, 0.6) is 0 Å². The van der Waals surface area contributed by atoms with E-state index in [1.807, 2.05) is 0 Å². The molecule has 3 nitrogen and oxygen atoms in total. The number of hydrogen-bond acceptors (Lipinski definition) is 5. The van der Waals surface area contributed by atoms with Gasteiger partial charge in [-0.15, -0.1) is 0 Å². The van der Waals surface area contributed by atoms with E-state index in [0.717, 1.165) is 0 Å². The van der Waals surface area contributed by atoms with Crippen molar-refractivity contribution in [1.29, 1.82) is 0 Å². The van der Waals surface area contributed by atoms with Gasteiger partial charge >= 0.3 is 0 Å². The topological polar surface area (TPSA) is 41.5 Å². The van der Waals surface area contributed by atoms with Crippen LogP contribution in [0, 0.1) is 23.3 Å². The van der Waals surface area contributed by atoms with Gasteiger partial charge in [0.25, 0.3) is 0 Å². The zero-order valence-electron chi connectivity index (χ0n) is 9.94. The zero-order chi connectivity index (χ0) is 15.4. The Hall–Kier alpha value is -1.26. The molecule has 2 aromatic carbocycles. The number of benzene rings is 2. The molecule has 112 valence electrons. The van der Waals surface area contributed by atoms with Crippen LogP contribution in [0.25, 0.3) is 0 Å². The highest BCUT2D eigenvalue weighted by Crippen LogP contribution is 2.38. The van der Waals surface area contributed by atoms with Crippen molar-refractivity contribution < 1.29 is 32.2 Å². The summed E-state index contributed by atoms with van der Waals surface area (Å²) in [4.78, 5) is -1.57. The average molecular weight is 337 g/mol. The number of halogens is 4. The summed E-state index contributed by atoms with van der Waals surface area (Å²) in [5.41, 5.74) is 0. The van der Waals surface area contributed by atoms with Gasteiger partial charge in [-0.25, -0.2) is 17.6 Å². The van der Waals surface area contributed by atoms with Crippen LogP contribution in [-0.4, -0.2) is 0 Å². The van der Waals surface area contributed by atoms with Crippen molar-refractivity contribution in [1.82, 2.24) is 0 Å². The zero-order valence-corrected chi connectivity index (χ0v) is 11.6. The summed E-state index contributed by atoms with van der Waals surface area (Å²) in [6.07, 6.45) is 0. The molecule has 0 unspecified atom stereocenters. The predicted octanol–water partition coefficient (Wildman–Crippen LogP) is 3.62. The minimum Gasteiger partial charge on any atom is -0.691 e. The molecule has 0 aromatic heterocycles. The van der Waals surface area contributed by atoms with Crippen molar-refractivity contribution in [3.63, 3.8) is 0 Å². The van der Waals surface area contributed by atoms with Crippen molar-refractivity contribution >= 4 is 23.8 Å². The minimum absolute atomic E-state index is 0.257. The summed E-state index contributed by atoms with van der Waals surface area (Å²) in [5.74, 6) is -6.51. The third kappa shape index (κ3) is 3.50. The Bertz CT molecular complexity index is 611. The fraction of sp³-hybridized carbons (Fsp3) is 0. The van der Waals surface area contributed by atoms with Gasteiger partial charge < -0.3 is 5.26 Å². The quantitative estimate of drug-likeness (QED) is 0.274. The molecule has 0 bridgehead atoms. The largest absolute Gasteiger partial charge is 0.691 e. The molecule has 0 fully saturated rings. The van der Waals surface area contributed by atoms with E-state index in [-0.39, 0.29) is 12.0 Å².